The van der Waals surface area contributed by atoms with Crippen LogP contribution in [0.1, 0.15) is 18.4 Å². The third-order valence-electron chi connectivity index (χ3n) is 3.10. The first-order valence-electron chi connectivity index (χ1n) is 6.34. The molecule has 0 unspecified atom stereocenters. The quantitative estimate of drug-likeness (QED) is 0.872. The van der Waals surface area contributed by atoms with Crippen LogP contribution in [-0.4, -0.2) is 19.4 Å². The van der Waals surface area contributed by atoms with Gasteiger partial charge in [0.25, 0.3) is 0 Å². The van der Waals surface area contributed by atoms with E-state index in [2.05, 4.69) is 27.8 Å². The van der Waals surface area contributed by atoms with Gasteiger partial charge in [0.1, 0.15) is 12.4 Å². The van der Waals surface area contributed by atoms with E-state index in [1.54, 1.807) is 0 Å². The number of fused-ring (bicyclic) bond motifs is 1. The van der Waals surface area contributed by atoms with Gasteiger partial charge in [0.15, 0.2) is 11.5 Å². The van der Waals surface area contributed by atoms with Crippen molar-refractivity contribution in [3.8, 4) is 17.2 Å². The van der Waals surface area contributed by atoms with E-state index in [4.69, 9.17) is 14.2 Å². The third kappa shape index (κ3) is 3.22. The highest BCUT2D eigenvalue weighted by atomic mass is 79.9. The van der Waals surface area contributed by atoms with E-state index in [1.165, 1.54) is 12.8 Å². The monoisotopic (exact) mass is 325 g/mol. The van der Waals surface area contributed by atoms with Gasteiger partial charge in [-0.1, -0.05) is 22.5 Å². The van der Waals surface area contributed by atoms with E-state index in [1.807, 2.05) is 12.1 Å². The second-order valence-corrected chi connectivity index (χ2v) is 5.90. The fraction of sp³-hybridized carbons (Fsp3) is 0.429. The molecule has 0 saturated heterocycles. The Balaban J connectivity index is 1.78. The van der Waals surface area contributed by atoms with Crippen molar-refractivity contribution < 1.29 is 14.2 Å². The molecule has 19 heavy (non-hydrogen) atoms. The van der Waals surface area contributed by atoms with Gasteiger partial charge in [-0.15, -0.1) is 0 Å². The zero-order valence-electron chi connectivity index (χ0n) is 10.6. The molecule has 0 spiro atoms. The van der Waals surface area contributed by atoms with Gasteiger partial charge in [0.05, 0.1) is 0 Å². The molecule has 0 bridgehead atoms. The highest BCUT2D eigenvalue weighted by Crippen LogP contribution is 2.38. The smallest absolute Gasteiger partial charge is 0.231 e. The number of halogens is 1. The molecule has 1 aromatic rings. The van der Waals surface area contributed by atoms with Crippen molar-refractivity contribution in [3.05, 3.63) is 28.8 Å². The average molecular weight is 326 g/mol. The van der Waals surface area contributed by atoms with E-state index in [9.17, 15) is 0 Å². The largest absolute Gasteiger partial charge is 0.488 e. The van der Waals surface area contributed by atoms with Crippen molar-refractivity contribution in [2.24, 2.45) is 0 Å². The second kappa shape index (κ2) is 5.43. The van der Waals surface area contributed by atoms with Crippen LogP contribution < -0.4 is 19.5 Å². The standard InChI is InChI=1S/C14H16BrNO3/c1-9(15)7-17-12-5-14-13(18-8-19-14)4-10(12)6-16-11-2-3-11/h4-5,11,16H,1-3,6-8H2. The topological polar surface area (TPSA) is 39.7 Å². The summed E-state index contributed by atoms with van der Waals surface area (Å²) in [5.74, 6) is 2.35. The van der Waals surface area contributed by atoms with Gasteiger partial charge in [-0.2, -0.15) is 0 Å². The number of nitrogens with one attached hydrogen (secondary N) is 1. The lowest BCUT2D eigenvalue weighted by molar-refractivity contribution is 0.174. The molecule has 0 atom stereocenters. The predicted molar refractivity (Wildman–Crippen MR) is 76.0 cm³/mol. The van der Waals surface area contributed by atoms with Gasteiger partial charge in [-0.3, -0.25) is 0 Å². The van der Waals surface area contributed by atoms with Crippen molar-refractivity contribution in [2.75, 3.05) is 13.4 Å². The second-order valence-electron chi connectivity index (χ2n) is 4.77. The molecule has 102 valence electrons. The van der Waals surface area contributed by atoms with E-state index < -0.39 is 0 Å². The summed E-state index contributed by atoms with van der Waals surface area (Å²) in [4.78, 5) is 0. The molecular formula is C14H16BrNO3. The summed E-state index contributed by atoms with van der Waals surface area (Å²) in [6.45, 7) is 5.28. The molecule has 1 saturated carbocycles. The minimum Gasteiger partial charge on any atom is -0.488 e. The maximum absolute atomic E-state index is 5.75. The number of hydrogen-bond donors (Lipinski definition) is 1. The first-order chi connectivity index (χ1) is 9.22. The number of benzene rings is 1. The molecule has 0 aromatic heterocycles. The van der Waals surface area contributed by atoms with Crippen LogP contribution >= 0.6 is 15.9 Å². The van der Waals surface area contributed by atoms with Gasteiger partial charge in [0.2, 0.25) is 6.79 Å². The van der Waals surface area contributed by atoms with Gasteiger partial charge in [-0.25, -0.2) is 0 Å². The first kappa shape index (κ1) is 12.8. The van der Waals surface area contributed by atoms with Crippen LogP contribution in [0.3, 0.4) is 0 Å². The van der Waals surface area contributed by atoms with Crippen molar-refractivity contribution in [2.45, 2.75) is 25.4 Å². The molecule has 2 aliphatic rings. The third-order valence-corrected chi connectivity index (χ3v) is 3.33. The zero-order chi connectivity index (χ0) is 13.2. The van der Waals surface area contributed by atoms with Crippen molar-refractivity contribution in [1.82, 2.24) is 5.32 Å². The first-order valence-corrected chi connectivity index (χ1v) is 7.13. The lowest BCUT2D eigenvalue weighted by atomic mass is 10.1. The van der Waals surface area contributed by atoms with Gasteiger partial charge < -0.3 is 19.5 Å². The van der Waals surface area contributed by atoms with Gasteiger partial charge >= 0.3 is 0 Å². The Morgan fingerprint density at radius 1 is 1.37 bits per heavy atom. The molecule has 1 N–H and O–H groups in total. The molecule has 1 fully saturated rings. The van der Waals surface area contributed by atoms with Crippen LogP contribution in [0.15, 0.2) is 23.2 Å². The Hall–Kier alpha value is -1.20. The summed E-state index contributed by atoms with van der Waals surface area (Å²) in [5, 5.41) is 3.48. The van der Waals surface area contributed by atoms with Crippen LogP contribution in [0.4, 0.5) is 0 Å². The highest BCUT2D eigenvalue weighted by molar-refractivity contribution is 9.11. The molecule has 1 aliphatic heterocycles. The molecular weight excluding hydrogens is 310 g/mol. The Morgan fingerprint density at radius 2 is 2.11 bits per heavy atom. The Morgan fingerprint density at radius 3 is 2.79 bits per heavy atom. The Labute approximate surface area is 120 Å². The minimum absolute atomic E-state index is 0.277. The number of ether oxygens (including phenoxy) is 3. The molecule has 1 aromatic carbocycles. The maximum Gasteiger partial charge on any atom is 0.231 e. The zero-order valence-corrected chi connectivity index (χ0v) is 12.2. The van der Waals surface area contributed by atoms with Gasteiger partial charge in [-0.05, 0) is 18.9 Å². The van der Waals surface area contributed by atoms with E-state index in [0.717, 1.165) is 33.8 Å². The summed E-state index contributed by atoms with van der Waals surface area (Å²) in [5.41, 5.74) is 1.09. The average Bonchev–Trinajstić information content (AvgIpc) is 3.10. The highest BCUT2D eigenvalue weighted by Gasteiger charge is 2.22. The molecule has 3 rings (SSSR count). The van der Waals surface area contributed by atoms with E-state index in [0.29, 0.717) is 12.6 Å². The lowest BCUT2D eigenvalue weighted by Gasteiger charge is -2.13. The van der Waals surface area contributed by atoms with Crippen molar-refractivity contribution >= 4 is 15.9 Å². The summed E-state index contributed by atoms with van der Waals surface area (Å²) in [7, 11) is 0. The van der Waals surface area contributed by atoms with Crippen molar-refractivity contribution in [1.29, 1.82) is 0 Å². The molecule has 4 nitrogen and oxygen atoms in total. The Bertz CT molecular complexity index is 500. The Kier molecular flexibility index (Phi) is 3.66. The SMILES string of the molecule is C=C(Br)COc1cc2c(cc1CNC1CC1)OCO2. The summed E-state index contributed by atoms with van der Waals surface area (Å²) >= 11 is 3.30. The minimum atomic E-state index is 0.277. The molecule has 5 heteroatoms. The van der Waals surface area contributed by atoms with Crippen molar-refractivity contribution in [3.63, 3.8) is 0 Å². The lowest BCUT2D eigenvalue weighted by Crippen LogP contribution is -2.16. The maximum atomic E-state index is 5.75. The number of hydrogen-bond acceptors (Lipinski definition) is 4. The van der Waals surface area contributed by atoms with Gasteiger partial charge in [0, 0.05) is 28.7 Å². The molecule has 0 amide bonds. The van der Waals surface area contributed by atoms with Crippen LogP contribution in [0.25, 0.3) is 0 Å². The van der Waals surface area contributed by atoms with Crippen LogP contribution in [0.5, 0.6) is 17.2 Å². The van der Waals surface area contributed by atoms with Crippen LogP contribution in [-0.2, 0) is 6.54 Å². The number of rotatable bonds is 6. The van der Waals surface area contributed by atoms with Crippen LogP contribution in [0.2, 0.25) is 0 Å². The fourth-order valence-corrected chi connectivity index (χ4v) is 2.05. The van der Waals surface area contributed by atoms with Crippen LogP contribution in [0, 0.1) is 0 Å². The summed E-state index contributed by atoms with van der Waals surface area (Å²) in [6, 6.07) is 4.54. The predicted octanol–water partition coefficient (Wildman–Crippen LogP) is 2.95. The summed E-state index contributed by atoms with van der Waals surface area (Å²) < 4.78 is 17.4. The molecule has 1 aliphatic carbocycles. The fourth-order valence-electron chi connectivity index (χ4n) is 1.94. The van der Waals surface area contributed by atoms with E-state index >= 15 is 0 Å². The van der Waals surface area contributed by atoms with E-state index in [-0.39, 0.29) is 6.79 Å². The molecule has 1 heterocycles. The molecule has 0 radical (unpaired) electrons. The normalized spacial score (nSPS) is 16.5. The summed E-state index contributed by atoms with van der Waals surface area (Å²) in [6.07, 6.45) is 2.53.